The van der Waals surface area contributed by atoms with Crippen molar-refractivity contribution in [3.8, 4) is 5.75 Å². The zero-order valence-corrected chi connectivity index (χ0v) is 24.9. The second kappa shape index (κ2) is 13.5. The Bertz CT molecular complexity index is 1550. The van der Waals surface area contributed by atoms with E-state index in [2.05, 4.69) is 42.5 Å². The number of hydrogen-bond acceptors (Lipinski definition) is 5. The molecular weight excluding hydrogens is 638 g/mol. The maximum absolute atomic E-state index is 13.1. The summed E-state index contributed by atoms with van der Waals surface area (Å²) in [5, 5.41) is 18.3. The SMILES string of the molecule is C[C@H](CC/C=C/C(=O)Nc1ccccc1N)[C@@H](OC(=O)Nc1cccc2ccccc12)c1cc(Br)cc(Br)c1O. The highest BCUT2D eigenvalue weighted by molar-refractivity contribution is 9.11. The fourth-order valence-corrected chi connectivity index (χ4v) is 5.62. The van der Waals surface area contributed by atoms with Crippen LogP contribution in [0.4, 0.5) is 21.9 Å². The highest BCUT2D eigenvalue weighted by Crippen LogP contribution is 2.41. The van der Waals surface area contributed by atoms with Gasteiger partial charge in [-0.25, -0.2) is 4.79 Å². The van der Waals surface area contributed by atoms with E-state index in [1.54, 1.807) is 42.5 Å². The molecule has 5 N–H and O–H groups in total. The molecule has 0 heterocycles. The number of rotatable bonds is 9. The monoisotopic (exact) mass is 665 g/mol. The number of carbonyl (C=O) groups is 2. The number of halogens is 2. The number of nitrogens with two attached hydrogens (primary N) is 1. The van der Waals surface area contributed by atoms with Crippen LogP contribution in [0.3, 0.4) is 0 Å². The van der Waals surface area contributed by atoms with E-state index in [1.807, 2.05) is 49.4 Å². The zero-order chi connectivity index (χ0) is 28.6. The quantitative estimate of drug-likeness (QED) is 0.106. The maximum atomic E-state index is 13.1. The third-order valence-electron chi connectivity index (χ3n) is 6.42. The molecule has 0 aliphatic rings. The minimum absolute atomic E-state index is 0.00613. The van der Waals surface area contributed by atoms with Crippen molar-refractivity contribution < 1.29 is 19.4 Å². The lowest BCUT2D eigenvalue weighted by atomic mass is 9.92. The van der Waals surface area contributed by atoms with Crippen molar-refractivity contribution in [2.24, 2.45) is 5.92 Å². The van der Waals surface area contributed by atoms with Crippen molar-refractivity contribution in [2.45, 2.75) is 25.9 Å². The van der Waals surface area contributed by atoms with Gasteiger partial charge in [0.15, 0.2) is 0 Å². The number of anilines is 3. The molecule has 40 heavy (non-hydrogen) atoms. The molecule has 206 valence electrons. The summed E-state index contributed by atoms with van der Waals surface area (Å²) < 4.78 is 7.14. The Morgan fingerprint density at radius 2 is 1.68 bits per heavy atom. The van der Waals surface area contributed by atoms with Crippen molar-refractivity contribution in [1.29, 1.82) is 0 Å². The number of aromatic hydroxyl groups is 1. The number of allylic oxidation sites excluding steroid dienone is 1. The lowest BCUT2D eigenvalue weighted by Crippen LogP contribution is -2.22. The second-order valence-electron chi connectivity index (χ2n) is 9.34. The molecule has 2 atom stereocenters. The fourth-order valence-electron chi connectivity index (χ4n) is 4.36. The van der Waals surface area contributed by atoms with Crippen LogP contribution in [-0.2, 0) is 9.53 Å². The minimum atomic E-state index is -0.768. The number of ether oxygens (including phenoxy) is 1. The van der Waals surface area contributed by atoms with Crippen molar-refractivity contribution >= 4 is 71.7 Å². The third kappa shape index (κ3) is 7.43. The van der Waals surface area contributed by atoms with E-state index in [-0.39, 0.29) is 17.6 Å². The largest absolute Gasteiger partial charge is 0.506 e. The summed E-state index contributed by atoms with van der Waals surface area (Å²) in [6.45, 7) is 1.93. The molecule has 0 bridgehead atoms. The molecule has 0 radical (unpaired) electrons. The van der Waals surface area contributed by atoms with Crippen molar-refractivity contribution in [2.75, 3.05) is 16.4 Å². The molecule has 0 aromatic heterocycles. The second-order valence-corrected chi connectivity index (χ2v) is 11.1. The van der Waals surface area contributed by atoms with Gasteiger partial charge in [0, 0.05) is 15.4 Å². The standard InChI is InChI=1S/C31H29Br2N3O4/c1-19(9-2-7-16-28(37)35-27-14-6-5-13-25(27)34)30(23-17-21(32)18-24(33)29(23)38)40-31(39)36-26-15-8-11-20-10-3-4-12-22(20)26/h3-8,10-19,30,38H,2,9,34H2,1H3,(H,35,37)(H,36,39)/b16-7+/t19-,30-/m1/s1. The van der Waals surface area contributed by atoms with Gasteiger partial charge in [-0.1, -0.05) is 77.5 Å². The van der Waals surface area contributed by atoms with Crippen molar-refractivity contribution in [3.05, 3.63) is 106 Å². The number of amides is 2. The number of fused-ring (bicyclic) bond motifs is 1. The molecule has 4 rings (SSSR count). The lowest BCUT2D eigenvalue weighted by molar-refractivity contribution is -0.111. The molecule has 0 aliphatic heterocycles. The number of phenolic OH excluding ortho intramolecular Hbond substituents is 1. The first-order valence-corrected chi connectivity index (χ1v) is 14.3. The first kappa shape index (κ1) is 29.2. The van der Waals surface area contributed by atoms with Crippen molar-refractivity contribution in [3.63, 3.8) is 0 Å². The molecule has 0 saturated heterocycles. The molecule has 9 heteroatoms. The Morgan fingerprint density at radius 3 is 2.48 bits per heavy atom. The summed E-state index contributed by atoms with van der Waals surface area (Å²) in [6, 6.07) is 23.9. The van der Waals surface area contributed by atoms with Gasteiger partial charge in [-0.2, -0.15) is 0 Å². The smallest absolute Gasteiger partial charge is 0.412 e. The first-order chi connectivity index (χ1) is 19.2. The molecule has 4 aromatic carbocycles. The van der Waals surface area contributed by atoms with Crippen LogP contribution < -0.4 is 16.4 Å². The van der Waals surface area contributed by atoms with E-state index in [9.17, 15) is 14.7 Å². The Labute approximate surface area is 249 Å². The molecular formula is C31H29Br2N3O4. The Morgan fingerprint density at radius 1 is 0.975 bits per heavy atom. The molecule has 0 saturated carbocycles. The Kier molecular flexibility index (Phi) is 9.84. The van der Waals surface area contributed by atoms with E-state index >= 15 is 0 Å². The summed E-state index contributed by atoms with van der Waals surface area (Å²) in [5.74, 6) is -0.502. The molecule has 0 spiro atoms. The number of nitrogens with one attached hydrogen (secondary N) is 2. The molecule has 7 nitrogen and oxygen atoms in total. The van der Waals surface area contributed by atoms with Gasteiger partial charge < -0.3 is 20.9 Å². The summed E-state index contributed by atoms with van der Waals surface area (Å²) >= 11 is 6.83. The minimum Gasteiger partial charge on any atom is -0.506 e. The van der Waals surface area contributed by atoms with Crippen LogP contribution in [-0.4, -0.2) is 17.1 Å². The third-order valence-corrected chi connectivity index (χ3v) is 7.48. The summed E-state index contributed by atoms with van der Waals surface area (Å²) in [6.07, 6.45) is 2.92. The van der Waals surface area contributed by atoms with Crippen LogP contribution in [0, 0.1) is 5.92 Å². The van der Waals surface area contributed by atoms with Crippen LogP contribution in [0.25, 0.3) is 10.8 Å². The van der Waals surface area contributed by atoms with Gasteiger partial charge in [0.1, 0.15) is 11.9 Å². The van der Waals surface area contributed by atoms with Gasteiger partial charge in [0.25, 0.3) is 0 Å². The molecule has 4 aromatic rings. The fraction of sp³-hybridized carbons (Fsp3) is 0.161. The maximum Gasteiger partial charge on any atom is 0.412 e. The van der Waals surface area contributed by atoms with Gasteiger partial charge in [0.2, 0.25) is 5.91 Å². The highest BCUT2D eigenvalue weighted by Gasteiger charge is 2.27. The predicted octanol–water partition coefficient (Wildman–Crippen LogP) is 8.55. The van der Waals surface area contributed by atoms with Crippen LogP contribution in [0.15, 0.2) is 100.0 Å². The topological polar surface area (TPSA) is 114 Å². The van der Waals surface area contributed by atoms with Crippen LogP contribution in [0.1, 0.15) is 31.4 Å². The molecule has 0 fully saturated rings. The molecule has 0 aliphatic carbocycles. The van der Waals surface area contributed by atoms with Crippen molar-refractivity contribution in [1.82, 2.24) is 0 Å². The lowest BCUT2D eigenvalue weighted by Gasteiger charge is -2.26. The predicted molar refractivity (Wildman–Crippen MR) is 167 cm³/mol. The van der Waals surface area contributed by atoms with Gasteiger partial charge in [-0.3, -0.25) is 10.1 Å². The van der Waals surface area contributed by atoms with Gasteiger partial charge in [0.05, 0.1) is 21.5 Å². The van der Waals surface area contributed by atoms with E-state index in [4.69, 9.17) is 10.5 Å². The van der Waals surface area contributed by atoms with Gasteiger partial charge in [-0.05, 0) is 76.5 Å². The van der Waals surface area contributed by atoms with Crippen LogP contribution in [0.5, 0.6) is 5.75 Å². The van der Waals surface area contributed by atoms with Gasteiger partial charge in [-0.15, -0.1) is 0 Å². The van der Waals surface area contributed by atoms with Gasteiger partial charge >= 0.3 is 6.09 Å². The highest BCUT2D eigenvalue weighted by atomic mass is 79.9. The summed E-state index contributed by atoms with van der Waals surface area (Å²) in [7, 11) is 0. The number of hydrogen-bond donors (Lipinski definition) is 4. The number of phenols is 1. The van der Waals surface area contributed by atoms with E-state index in [1.165, 1.54) is 6.08 Å². The zero-order valence-electron chi connectivity index (χ0n) is 21.7. The summed E-state index contributed by atoms with van der Waals surface area (Å²) in [4.78, 5) is 25.5. The number of carbonyl (C=O) groups excluding carboxylic acids is 2. The van der Waals surface area contributed by atoms with E-state index in [0.29, 0.717) is 39.9 Å². The van der Waals surface area contributed by atoms with E-state index < -0.39 is 12.2 Å². The average Bonchev–Trinajstić information content (AvgIpc) is 2.93. The van der Waals surface area contributed by atoms with E-state index in [0.717, 1.165) is 15.2 Å². The Hall–Kier alpha value is -3.82. The number of para-hydroxylation sites is 2. The first-order valence-electron chi connectivity index (χ1n) is 12.7. The normalized spacial score (nSPS) is 12.7. The molecule has 0 unspecified atom stereocenters. The summed E-state index contributed by atoms with van der Waals surface area (Å²) in [5.41, 5.74) is 8.01. The number of benzene rings is 4. The average molecular weight is 667 g/mol. The number of nitrogen functional groups attached to an aromatic ring is 1. The Balaban J connectivity index is 1.47. The van der Waals surface area contributed by atoms with Crippen LogP contribution >= 0.6 is 31.9 Å². The van der Waals surface area contributed by atoms with Crippen LogP contribution in [0.2, 0.25) is 0 Å². The molecule has 2 amide bonds.